The summed E-state index contributed by atoms with van der Waals surface area (Å²) in [5.74, 6) is 0.689. The SMILES string of the molecule is CC(Oc1ccc(N)c2ncccc12)C(=O)N1CCCC1. The van der Waals surface area contributed by atoms with Gasteiger partial charge in [-0.3, -0.25) is 9.78 Å². The van der Waals surface area contributed by atoms with E-state index in [2.05, 4.69) is 4.98 Å². The second-order valence-corrected chi connectivity index (χ2v) is 5.34. The molecule has 1 aromatic carbocycles. The van der Waals surface area contributed by atoms with Gasteiger partial charge in [0.1, 0.15) is 5.75 Å². The van der Waals surface area contributed by atoms with E-state index in [1.54, 1.807) is 25.3 Å². The summed E-state index contributed by atoms with van der Waals surface area (Å²) >= 11 is 0. The highest BCUT2D eigenvalue weighted by molar-refractivity contribution is 5.94. The van der Waals surface area contributed by atoms with Crippen molar-refractivity contribution in [1.82, 2.24) is 9.88 Å². The number of nitrogens with zero attached hydrogens (tertiary/aromatic N) is 2. The number of hydrogen-bond acceptors (Lipinski definition) is 4. The van der Waals surface area contributed by atoms with Gasteiger partial charge in [0.15, 0.2) is 6.10 Å². The Bertz CT molecular complexity index is 666. The highest BCUT2D eigenvalue weighted by Gasteiger charge is 2.25. The molecule has 1 aliphatic heterocycles. The summed E-state index contributed by atoms with van der Waals surface area (Å²) in [6.45, 7) is 3.45. The molecule has 0 radical (unpaired) electrons. The molecule has 1 aromatic heterocycles. The molecule has 110 valence electrons. The number of carbonyl (C=O) groups is 1. The lowest BCUT2D eigenvalue weighted by atomic mass is 10.1. The fraction of sp³-hybridized carbons (Fsp3) is 0.375. The van der Waals surface area contributed by atoms with Gasteiger partial charge < -0.3 is 15.4 Å². The second kappa shape index (κ2) is 5.60. The first kappa shape index (κ1) is 13.7. The predicted molar refractivity (Wildman–Crippen MR) is 82.1 cm³/mol. The first-order valence-electron chi connectivity index (χ1n) is 7.25. The summed E-state index contributed by atoms with van der Waals surface area (Å²) < 4.78 is 5.87. The lowest BCUT2D eigenvalue weighted by Crippen LogP contribution is -2.38. The summed E-state index contributed by atoms with van der Waals surface area (Å²) in [5, 5.41) is 0.832. The number of rotatable bonds is 3. The Morgan fingerprint density at radius 2 is 2.10 bits per heavy atom. The number of nitrogens with two attached hydrogens (primary N) is 1. The molecule has 1 fully saturated rings. The molecular weight excluding hydrogens is 266 g/mol. The third-order valence-corrected chi connectivity index (χ3v) is 3.83. The largest absolute Gasteiger partial charge is 0.480 e. The third kappa shape index (κ3) is 2.63. The van der Waals surface area contributed by atoms with Gasteiger partial charge in [-0.1, -0.05) is 0 Å². The highest BCUT2D eigenvalue weighted by Crippen LogP contribution is 2.29. The van der Waals surface area contributed by atoms with Gasteiger partial charge in [0.2, 0.25) is 0 Å². The average Bonchev–Trinajstić information content (AvgIpc) is 3.04. The van der Waals surface area contributed by atoms with Gasteiger partial charge in [0, 0.05) is 24.7 Å². The smallest absolute Gasteiger partial charge is 0.263 e. The lowest BCUT2D eigenvalue weighted by molar-refractivity contribution is -0.136. The molecular formula is C16H19N3O2. The maximum Gasteiger partial charge on any atom is 0.263 e. The molecule has 1 atom stereocenters. The van der Waals surface area contributed by atoms with E-state index in [1.165, 1.54) is 0 Å². The lowest BCUT2D eigenvalue weighted by Gasteiger charge is -2.21. The van der Waals surface area contributed by atoms with Crippen molar-refractivity contribution in [1.29, 1.82) is 0 Å². The maximum absolute atomic E-state index is 12.3. The Kier molecular flexibility index (Phi) is 3.64. The van der Waals surface area contributed by atoms with Crippen LogP contribution in [0.4, 0.5) is 5.69 Å². The summed E-state index contributed by atoms with van der Waals surface area (Å²) in [6.07, 6.45) is 3.34. The van der Waals surface area contributed by atoms with E-state index < -0.39 is 6.10 Å². The van der Waals surface area contributed by atoms with Crippen molar-refractivity contribution in [3.63, 3.8) is 0 Å². The molecule has 21 heavy (non-hydrogen) atoms. The Labute approximate surface area is 123 Å². The summed E-state index contributed by atoms with van der Waals surface area (Å²) in [7, 11) is 0. The molecule has 3 rings (SSSR count). The predicted octanol–water partition coefficient (Wildman–Crippen LogP) is 2.21. The van der Waals surface area contributed by atoms with E-state index in [4.69, 9.17) is 10.5 Å². The quantitative estimate of drug-likeness (QED) is 0.878. The maximum atomic E-state index is 12.3. The molecule has 2 N–H and O–H groups in total. The van der Waals surface area contributed by atoms with Crippen molar-refractivity contribution in [2.45, 2.75) is 25.9 Å². The minimum Gasteiger partial charge on any atom is -0.480 e. The minimum absolute atomic E-state index is 0.0429. The van der Waals surface area contributed by atoms with E-state index in [0.717, 1.165) is 31.3 Å². The van der Waals surface area contributed by atoms with E-state index >= 15 is 0 Å². The zero-order valence-corrected chi connectivity index (χ0v) is 12.1. The van der Waals surface area contributed by atoms with Crippen LogP contribution in [0.1, 0.15) is 19.8 Å². The van der Waals surface area contributed by atoms with Crippen LogP contribution in [0.25, 0.3) is 10.9 Å². The fourth-order valence-corrected chi connectivity index (χ4v) is 2.71. The van der Waals surface area contributed by atoms with Crippen molar-refractivity contribution in [3.8, 4) is 5.75 Å². The van der Waals surface area contributed by atoms with Crippen LogP contribution in [-0.2, 0) is 4.79 Å². The topological polar surface area (TPSA) is 68.5 Å². The van der Waals surface area contributed by atoms with Crippen molar-refractivity contribution >= 4 is 22.5 Å². The number of likely N-dealkylation sites (tertiary alicyclic amines) is 1. The molecule has 1 aliphatic rings. The molecule has 5 nitrogen and oxygen atoms in total. The van der Waals surface area contributed by atoms with Crippen LogP contribution in [0.3, 0.4) is 0 Å². The summed E-state index contributed by atoms with van der Waals surface area (Å²) in [4.78, 5) is 18.4. The molecule has 1 unspecified atom stereocenters. The van der Waals surface area contributed by atoms with Crippen LogP contribution >= 0.6 is 0 Å². The first-order valence-corrected chi connectivity index (χ1v) is 7.25. The van der Waals surface area contributed by atoms with Gasteiger partial charge in [0.25, 0.3) is 5.91 Å². The molecule has 1 saturated heterocycles. The fourth-order valence-electron chi connectivity index (χ4n) is 2.71. The number of pyridine rings is 1. The van der Waals surface area contributed by atoms with E-state index in [0.29, 0.717) is 17.0 Å². The monoisotopic (exact) mass is 285 g/mol. The number of nitrogen functional groups attached to an aromatic ring is 1. The molecule has 5 heteroatoms. The van der Waals surface area contributed by atoms with Crippen molar-refractivity contribution in [2.24, 2.45) is 0 Å². The van der Waals surface area contributed by atoms with Gasteiger partial charge in [-0.05, 0) is 44.0 Å². The molecule has 2 aromatic rings. The van der Waals surface area contributed by atoms with Crippen LogP contribution < -0.4 is 10.5 Å². The molecule has 1 amide bonds. The van der Waals surface area contributed by atoms with Crippen molar-refractivity contribution in [3.05, 3.63) is 30.5 Å². The number of hydrogen-bond donors (Lipinski definition) is 1. The van der Waals surface area contributed by atoms with Gasteiger partial charge >= 0.3 is 0 Å². The van der Waals surface area contributed by atoms with Crippen LogP contribution in [0.5, 0.6) is 5.75 Å². The number of aromatic nitrogens is 1. The van der Waals surface area contributed by atoms with Crippen LogP contribution in [0, 0.1) is 0 Å². The highest BCUT2D eigenvalue weighted by atomic mass is 16.5. The number of ether oxygens (including phenoxy) is 1. The number of fused-ring (bicyclic) bond motifs is 1. The van der Waals surface area contributed by atoms with E-state index in [1.807, 2.05) is 17.0 Å². The van der Waals surface area contributed by atoms with Gasteiger partial charge in [-0.2, -0.15) is 0 Å². The Hall–Kier alpha value is -2.30. The number of amides is 1. The molecule has 2 heterocycles. The number of benzene rings is 1. The first-order chi connectivity index (χ1) is 10.2. The Morgan fingerprint density at radius 3 is 2.86 bits per heavy atom. The van der Waals surface area contributed by atoms with E-state index in [-0.39, 0.29) is 5.91 Å². The van der Waals surface area contributed by atoms with E-state index in [9.17, 15) is 4.79 Å². The minimum atomic E-state index is -0.505. The van der Waals surface area contributed by atoms with Crippen LogP contribution in [0.2, 0.25) is 0 Å². The zero-order chi connectivity index (χ0) is 14.8. The summed E-state index contributed by atoms with van der Waals surface area (Å²) in [5.41, 5.74) is 7.23. The van der Waals surface area contributed by atoms with Crippen LogP contribution in [-0.4, -0.2) is 35.0 Å². The average molecular weight is 285 g/mol. The molecule has 0 aliphatic carbocycles. The molecule has 0 saturated carbocycles. The Morgan fingerprint density at radius 1 is 1.33 bits per heavy atom. The zero-order valence-electron chi connectivity index (χ0n) is 12.1. The molecule has 0 spiro atoms. The van der Waals surface area contributed by atoms with Crippen LogP contribution in [0.15, 0.2) is 30.5 Å². The van der Waals surface area contributed by atoms with Crippen molar-refractivity contribution in [2.75, 3.05) is 18.8 Å². The standard InChI is InChI=1S/C16H19N3O2/c1-11(16(20)19-9-2-3-10-19)21-14-7-6-13(17)15-12(14)5-4-8-18-15/h4-8,11H,2-3,9-10,17H2,1H3. The van der Waals surface area contributed by atoms with Crippen molar-refractivity contribution < 1.29 is 9.53 Å². The second-order valence-electron chi connectivity index (χ2n) is 5.34. The van der Waals surface area contributed by atoms with Gasteiger partial charge in [0.05, 0.1) is 11.2 Å². The normalized spacial score (nSPS) is 16.1. The van der Waals surface area contributed by atoms with Gasteiger partial charge in [-0.25, -0.2) is 0 Å². The number of carbonyl (C=O) groups excluding carboxylic acids is 1. The third-order valence-electron chi connectivity index (χ3n) is 3.83. The number of anilines is 1. The van der Waals surface area contributed by atoms with Gasteiger partial charge in [-0.15, -0.1) is 0 Å². The Balaban J connectivity index is 1.84. The summed E-state index contributed by atoms with van der Waals surface area (Å²) in [6, 6.07) is 7.30. The molecule has 0 bridgehead atoms.